The van der Waals surface area contributed by atoms with Crippen molar-refractivity contribution >= 4 is 11.0 Å². The number of benzene rings is 2. The summed E-state index contributed by atoms with van der Waals surface area (Å²) in [6, 6.07) is 24.0. The smallest absolute Gasteiger partial charge is 0.155 e. The molecule has 5 aromatic rings. The van der Waals surface area contributed by atoms with Crippen LogP contribution >= 0.6 is 0 Å². The van der Waals surface area contributed by atoms with E-state index in [1.807, 2.05) is 13.1 Å². The zero-order chi connectivity index (χ0) is 27.5. The molecule has 1 aliphatic carbocycles. The summed E-state index contributed by atoms with van der Waals surface area (Å²) in [6.07, 6.45) is 8.09. The average Bonchev–Trinajstić information content (AvgIpc) is 3.32. The Kier molecular flexibility index (Phi) is 6.01. The predicted molar refractivity (Wildman–Crippen MR) is 163 cm³/mol. The molecule has 206 valence electrons. The molecule has 2 aromatic carbocycles. The Labute approximate surface area is 240 Å². The monoisotopic (exact) mass is 541 g/mol. The second-order valence-electron chi connectivity index (χ2n) is 12.1. The number of rotatable bonds is 4. The van der Waals surface area contributed by atoms with Crippen LogP contribution in [0.15, 0.2) is 66.9 Å². The lowest BCUT2D eigenvalue weighted by molar-refractivity contribution is -0.148. The van der Waals surface area contributed by atoms with E-state index >= 15 is 0 Å². The molecule has 0 spiro atoms. The molecule has 0 radical (unpaired) electrons. The maximum atomic E-state index is 5.75. The molecule has 6 heteroatoms. The summed E-state index contributed by atoms with van der Waals surface area (Å²) < 4.78 is 5.75. The molecule has 5 heterocycles. The van der Waals surface area contributed by atoms with E-state index in [4.69, 9.17) is 14.7 Å². The third-order valence-corrected chi connectivity index (χ3v) is 9.55. The van der Waals surface area contributed by atoms with Crippen molar-refractivity contribution in [1.29, 1.82) is 0 Å². The van der Waals surface area contributed by atoms with Gasteiger partial charge in [-0.25, -0.2) is 4.98 Å². The van der Waals surface area contributed by atoms with Crippen molar-refractivity contribution in [2.75, 3.05) is 13.2 Å². The molecule has 3 aromatic heterocycles. The van der Waals surface area contributed by atoms with Crippen LogP contribution in [0.5, 0.6) is 0 Å². The Hall–Kier alpha value is -3.87. The second kappa shape index (κ2) is 9.89. The number of morpholine rings is 1. The highest BCUT2D eigenvalue weighted by atomic mass is 16.5. The SMILES string of the molecule is Cc1ccc(C)c(-c2ccc(-c3n[nH]c4ncc(-c5ccc6c(c5)CC[C@@H](N5C7COCC5C7)CC6)cc34)cc2)n1. The van der Waals surface area contributed by atoms with Crippen LogP contribution < -0.4 is 0 Å². The van der Waals surface area contributed by atoms with Gasteiger partial charge in [0.25, 0.3) is 0 Å². The van der Waals surface area contributed by atoms with E-state index in [0.717, 1.165) is 70.9 Å². The third kappa shape index (κ3) is 4.37. The fourth-order valence-corrected chi connectivity index (χ4v) is 7.32. The molecule has 2 aliphatic heterocycles. The third-order valence-electron chi connectivity index (χ3n) is 9.55. The predicted octanol–water partition coefficient (Wildman–Crippen LogP) is 6.69. The number of hydrogen-bond acceptors (Lipinski definition) is 5. The van der Waals surface area contributed by atoms with Crippen molar-refractivity contribution in [3.63, 3.8) is 0 Å². The molecule has 6 nitrogen and oxygen atoms in total. The first-order chi connectivity index (χ1) is 20.1. The number of aryl methyl sites for hydroxylation is 4. The van der Waals surface area contributed by atoms with Crippen molar-refractivity contribution in [2.24, 2.45) is 0 Å². The minimum atomic E-state index is 0.650. The highest BCUT2D eigenvalue weighted by molar-refractivity contribution is 5.93. The Balaban J connectivity index is 1.06. The van der Waals surface area contributed by atoms with E-state index in [0.29, 0.717) is 18.1 Å². The van der Waals surface area contributed by atoms with Crippen LogP contribution in [0.4, 0.5) is 0 Å². The number of ether oxygens (including phenoxy) is 1. The summed E-state index contributed by atoms with van der Waals surface area (Å²) >= 11 is 0. The number of pyridine rings is 2. The van der Waals surface area contributed by atoms with Crippen molar-refractivity contribution in [2.45, 2.75) is 64.1 Å². The zero-order valence-electron chi connectivity index (χ0n) is 23.7. The highest BCUT2D eigenvalue weighted by Gasteiger charge is 2.45. The maximum Gasteiger partial charge on any atom is 0.155 e. The van der Waals surface area contributed by atoms with Crippen LogP contribution in [0.3, 0.4) is 0 Å². The molecule has 0 amide bonds. The molecule has 3 aliphatic rings. The molecule has 8 rings (SSSR count). The minimum absolute atomic E-state index is 0.650. The quantitative estimate of drug-likeness (QED) is 0.257. The maximum absolute atomic E-state index is 5.75. The van der Waals surface area contributed by atoms with Crippen molar-refractivity contribution in [3.05, 3.63) is 89.2 Å². The van der Waals surface area contributed by atoms with E-state index in [-0.39, 0.29) is 0 Å². The van der Waals surface area contributed by atoms with Gasteiger partial charge < -0.3 is 4.74 Å². The van der Waals surface area contributed by atoms with E-state index < -0.39 is 0 Å². The number of H-pyrrole nitrogens is 1. The molecule has 0 saturated carbocycles. The van der Waals surface area contributed by atoms with Crippen LogP contribution in [-0.2, 0) is 17.6 Å². The van der Waals surface area contributed by atoms with Gasteiger partial charge in [-0.05, 0) is 80.3 Å². The number of nitrogens with one attached hydrogen (secondary N) is 1. The summed E-state index contributed by atoms with van der Waals surface area (Å²) in [5.41, 5.74) is 12.5. The van der Waals surface area contributed by atoms with E-state index in [1.165, 1.54) is 41.5 Å². The Bertz CT molecular complexity index is 1740. The van der Waals surface area contributed by atoms with Crippen molar-refractivity contribution in [3.8, 4) is 33.6 Å². The first-order valence-electron chi connectivity index (χ1n) is 15.0. The van der Waals surface area contributed by atoms with Gasteiger partial charge in [0, 0.05) is 52.1 Å². The molecule has 3 atom stereocenters. The topological polar surface area (TPSA) is 66.9 Å². The van der Waals surface area contributed by atoms with Gasteiger partial charge in [0.05, 0.1) is 18.9 Å². The number of aromatic amines is 1. The lowest BCUT2D eigenvalue weighted by Crippen LogP contribution is -2.66. The number of hydrogen-bond donors (Lipinski definition) is 1. The van der Waals surface area contributed by atoms with Gasteiger partial charge in [-0.3, -0.25) is 15.0 Å². The fraction of sp³-hybridized carbons (Fsp3) is 0.343. The van der Waals surface area contributed by atoms with Crippen molar-refractivity contribution in [1.82, 2.24) is 25.1 Å². The lowest BCUT2D eigenvalue weighted by Gasteiger charge is -2.56. The van der Waals surface area contributed by atoms with Crippen LogP contribution in [0.25, 0.3) is 44.7 Å². The van der Waals surface area contributed by atoms with Gasteiger partial charge in [0.15, 0.2) is 5.65 Å². The van der Waals surface area contributed by atoms with Crippen LogP contribution in [-0.4, -0.2) is 56.4 Å². The van der Waals surface area contributed by atoms with Gasteiger partial charge in [-0.1, -0.05) is 48.5 Å². The van der Waals surface area contributed by atoms with Crippen molar-refractivity contribution < 1.29 is 4.74 Å². The summed E-state index contributed by atoms with van der Waals surface area (Å²) in [5, 5.41) is 8.85. The molecular formula is C35H35N5O. The summed E-state index contributed by atoms with van der Waals surface area (Å²) in [7, 11) is 0. The molecule has 2 unspecified atom stereocenters. The Morgan fingerprint density at radius 1 is 0.756 bits per heavy atom. The summed E-state index contributed by atoms with van der Waals surface area (Å²) in [5.74, 6) is 0. The van der Waals surface area contributed by atoms with Crippen LogP contribution in [0.1, 0.15) is 41.6 Å². The molecule has 2 fully saturated rings. The minimum Gasteiger partial charge on any atom is -0.378 e. The van der Waals surface area contributed by atoms with Gasteiger partial charge in [0.1, 0.15) is 5.69 Å². The van der Waals surface area contributed by atoms with Crippen LogP contribution in [0, 0.1) is 13.8 Å². The first kappa shape index (κ1) is 24.9. The highest BCUT2D eigenvalue weighted by Crippen LogP contribution is 2.38. The number of nitrogens with zero attached hydrogens (tertiary/aromatic N) is 4. The lowest BCUT2D eigenvalue weighted by atomic mass is 9.87. The standard InChI is InChI=1S/C35H35N5O/c1-21-3-4-22(2)37-33(21)24-6-8-25(9-7-24)34-32-16-28(18-36-35(32)39-38-34)27-10-5-23-11-13-29(14-12-26(23)15-27)40-30-17-31(40)20-41-19-30/h3-10,15-16,18,29-31H,11-14,17,19-20H2,1-2H3,(H,36,38,39)/t29-,30?,31?/m0/s1. The molecule has 2 saturated heterocycles. The van der Waals surface area contributed by atoms with Crippen LogP contribution in [0.2, 0.25) is 0 Å². The van der Waals surface area contributed by atoms with Gasteiger partial charge in [0.2, 0.25) is 0 Å². The first-order valence-corrected chi connectivity index (χ1v) is 15.0. The summed E-state index contributed by atoms with van der Waals surface area (Å²) in [6.45, 7) is 5.98. The molecule has 2 bridgehead atoms. The largest absolute Gasteiger partial charge is 0.378 e. The Morgan fingerprint density at radius 3 is 2.27 bits per heavy atom. The molecule has 1 N–H and O–H groups in total. The van der Waals surface area contributed by atoms with E-state index in [1.54, 1.807) is 0 Å². The normalized spacial score (nSPS) is 22.2. The van der Waals surface area contributed by atoms with Gasteiger partial charge in [-0.2, -0.15) is 5.10 Å². The fourth-order valence-electron chi connectivity index (χ4n) is 7.32. The number of fused-ring (bicyclic) bond motifs is 4. The second-order valence-corrected chi connectivity index (χ2v) is 12.1. The molecular weight excluding hydrogens is 506 g/mol. The summed E-state index contributed by atoms with van der Waals surface area (Å²) in [4.78, 5) is 12.3. The zero-order valence-corrected chi connectivity index (χ0v) is 23.7. The van der Waals surface area contributed by atoms with Gasteiger partial charge >= 0.3 is 0 Å². The number of aromatic nitrogens is 4. The van der Waals surface area contributed by atoms with E-state index in [2.05, 4.69) is 82.7 Å². The molecule has 41 heavy (non-hydrogen) atoms. The van der Waals surface area contributed by atoms with Gasteiger partial charge in [-0.15, -0.1) is 0 Å². The average molecular weight is 542 g/mol. The Morgan fingerprint density at radius 2 is 1.49 bits per heavy atom. The van der Waals surface area contributed by atoms with E-state index in [9.17, 15) is 0 Å².